The van der Waals surface area contributed by atoms with Crippen LogP contribution >= 0.6 is 0 Å². The average Bonchev–Trinajstić information content (AvgIpc) is 2.39. The molecule has 21 heavy (non-hydrogen) atoms. The van der Waals surface area contributed by atoms with Crippen molar-refractivity contribution in [2.45, 2.75) is 46.6 Å². The Morgan fingerprint density at radius 2 is 1.95 bits per heavy atom. The van der Waals surface area contributed by atoms with Gasteiger partial charge in [-0.1, -0.05) is 32.0 Å². The van der Waals surface area contributed by atoms with E-state index in [1.54, 1.807) is 0 Å². The fourth-order valence-corrected chi connectivity index (χ4v) is 2.00. The Kier molecular flexibility index (Phi) is 5.98. The summed E-state index contributed by atoms with van der Waals surface area (Å²) in [7, 11) is 0. The van der Waals surface area contributed by atoms with Gasteiger partial charge in [-0.25, -0.2) is 0 Å². The van der Waals surface area contributed by atoms with E-state index < -0.39 is 0 Å². The zero-order valence-corrected chi connectivity index (χ0v) is 13.3. The smallest absolute Gasteiger partial charge is 0.263 e. The van der Waals surface area contributed by atoms with Crippen molar-refractivity contribution in [2.24, 2.45) is 0 Å². The summed E-state index contributed by atoms with van der Waals surface area (Å²) < 4.78 is 0. The van der Waals surface area contributed by atoms with Gasteiger partial charge in [-0.3, -0.25) is 4.79 Å². The molecule has 0 aromatic heterocycles. The Morgan fingerprint density at radius 1 is 1.29 bits per heavy atom. The number of para-hydroxylation sites is 1. The van der Waals surface area contributed by atoms with Crippen LogP contribution in [0.3, 0.4) is 0 Å². The van der Waals surface area contributed by atoms with Crippen molar-refractivity contribution in [3.05, 3.63) is 41.1 Å². The van der Waals surface area contributed by atoms with Crippen LogP contribution in [0.4, 0.5) is 5.69 Å². The van der Waals surface area contributed by atoms with Crippen LogP contribution in [0, 0.1) is 18.3 Å². The van der Waals surface area contributed by atoms with Gasteiger partial charge in [-0.15, -0.1) is 0 Å². The summed E-state index contributed by atoms with van der Waals surface area (Å²) >= 11 is 0. The van der Waals surface area contributed by atoms with Crippen LogP contribution in [-0.4, -0.2) is 11.9 Å². The van der Waals surface area contributed by atoms with Gasteiger partial charge >= 0.3 is 0 Å². The summed E-state index contributed by atoms with van der Waals surface area (Å²) in [5.74, 6) is -0.00416. The van der Waals surface area contributed by atoms with Crippen LogP contribution in [0.1, 0.15) is 44.7 Å². The maximum Gasteiger partial charge on any atom is 0.263 e. The van der Waals surface area contributed by atoms with Crippen LogP contribution < -0.4 is 10.6 Å². The van der Waals surface area contributed by atoms with Crippen LogP contribution in [0.5, 0.6) is 0 Å². The summed E-state index contributed by atoms with van der Waals surface area (Å²) in [6.07, 6.45) is 1.48. The molecule has 0 heterocycles. The molecule has 112 valence electrons. The third-order valence-corrected chi connectivity index (χ3v) is 3.07. The maximum absolute atomic E-state index is 11.9. The summed E-state index contributed by atoms with van der Waals surface area (Å²) in [5, 5.41) is 15.0. The van der Waals surface area contributed by atoms with E-state index in [-0.39, 0.29) is 17.5 Å². The van der Waals surface area contributed by atoms with Crippen molar-refractivity contribution in [2.75, 3.05) is 5.32 Å². The van der Waals surface area contributed by atoms with Gasteiger partial charge in [0.05, 0.1) is 0 Å². The molecule has 1 aromatic rings. The Labute approximate surface area is 126 Å². The highest BCUT2D eigenvalue weighted by atomic mass is 16.1. The van der Waals surface area contributed by atoms with Crippen LogP contribution in [0.2, 0.25) is 0 Å². The highest BCUT2D eigenvalue weighted by Crippen LogP contribution is 2.27. The van der Waals surface area contributed by atoms with Crippen molar-refractivity contribution in [1.29, 1.82) is 5.26 Å². The Morgan fingerprint density at radius 3 is 2.48 bits per heavy atom. The van der Waals surface area contributed by atoms with Gasteiger partial charge in [0.1, 0.15) is 11.6 Å². The highest BCUT2D eigenvalue weighted by Gasteiger charge is 2.12. The Balaban J connectivity index is 3.03. The van der Waals surface area contributed by atoms with Gasteiger partial charge in [0.15, 0.2) is 0 Å². The summed E-state index contributed by atoms with van der Waals surface area (Å²) in [4.78, 5) is 11.9. The third kappa shape index (κ3) is 4.64. The number of nitrogens with zero attached hydrogens (tertiary/aromatic N) is 1. The molecule has 4 nitrogen and oxygen atoms in total. The zero-order valence-electron chi connectivity index (χ0n) is 13.3. The van der Waals surface area contributed by atoms with E-state index in [0.717, 1.165) is 16.8 Å². The molecule has 0 saturated heterocycles. The normalized spacial score (nSPS) is 11.4. The molecular formula is C17H23N3O. The topological polar surface area (TPSA) is 64.9 Å². The van der Waals surface area contributed by atoms with Crippen molar-refractivity contribution in [1.82, 2.24) is 5.32 Å². The lowest BCUT2D eigenvalue weighted by atomic mass is 9.98. The SMILES string of the molecule is Cc1cccc(C(C)C)c1N/C=C(/C#N)C(=O)NC(C)C. The number of nitriles is 1. The van der Waals surface area contributed by atoms with Crippen molar-refractivity contribution in [3.63, 3.8) is 0 Å². The fraction of sp³-hybridized carbons (Fsp3) is 0.412. The maximum atomic E-state index is 11.9. The molecule has 0 radical (unpaired) electrons. The highest BCUT2D eigenvalue weighted by molar-refractivity contribution is 5.97. The van der Waals surface area contributed by atoms with E-state index in [1.165, 1.54) is 6.20 Å². The third-order valence-electron chi connectivity index (χ3n) is 3.07. The molecule has 1 aromatic carbocycles. The van der Waals surface area contributed by atoms with Gasteiger partial charge in [-0.2, -0.15) is 5.26 Å². The Hall–Kier alpha value is -2.28. The Bertz CT molecular complexity index is 580. The monoisotopic (exact) mass is 285 g/mol. The van der Waals surface area contributed by atoms with Gasteiger partial charge in [-0.05, 0) is 37.8 Å². The molecule has 0 aliphatic rings. The number of hydrogen-bond acceptors (Lipinski definition) is 3. The lowest BCUT2D eigenvalue weighted by Gasteiger charge is -2.15. The molecule has 0 aliphatic heterocycles. The molecule has 1 amide bonds. The average molecular weight is 285 g/mol. The summed E-state index contributed by atoms with van der Waals surface area (Å²) in [6, 6.07) is 7.99. The van der Waals surface area contributed by atoms with E-state index in [2.05, 4.69) is 24.5 Å². The molecule has 0 bridgehead atoms. The van der Waals surface area contributed by atoms with Gasteiger partial charge in [0.25, 0.3) is 5.91 Å². The fourth-order valence-electron chi connectivity index (χ4n) is 2.00. The van der Waals surface area contributed by atoms with Gasteiger partial charge in [0.2, 0.25) is 0 Å². The molecule has 0 spiro atoms. The molecular weight excluding hydrogens is 262 g/mol. The molecule has 0 saturated carbocycles. The largest absolute Gasteiger partial charge is 0.360 e. The second-order valence-corrected chi connectivity index (χ2v) is 5.64. The number of anilines is 1. The minimum Gasteiger partial charge on any atom is -0.360 e. The molecule has 0 aliphatic carbocycles. The number of nitrogens with one attached hydrogen (secondary N) is 2. The molecule has 1 rings (SSSR count). The number of benzene rings is 1. The first-order chi connectivity index (χ1) is 9.86. The number of aryl methyl sites for hydroxylation is 1. The van der Waals surface area contributed by atoms with E-state index in [9.17, 15) is 4.79 Å². The van der Waals surface area contributed by atoms with Crippen molar-refractivity contribution in [3.8, 4) is 6.07 Å². The molecule has 0 atom stereocenters. The van der Waals surface area contributed by atoms with Gasteiger partial charge < -0.3 is 10.6 Å². The minimum atomic E-state index is -0.361. The van der Waals surface area contributed by atoms with E-state index in [4.69, 9.17) is 5.26 Å². The van der Waals surface area contributed by atoms with Crippen molar-refractivity contribution < 1.29 is 4.79 Å². The molecule has 0 fully saturated rings. The minimum absolute atomic E-state index is 0.000985. The number of amides is 1. The first-order valence-corrected chi connectivity index (χ1v) is 7.14. The first kappa shape index (κ1) is 16.8. The lowest BCUT2D eigenvalue weighted by Crippen LogP contribution is -2.31. The molecule has 0 unspecified atom stereocenters. The number of carbonyl (C=O) groups excluding carboxylic acids is 1. The lowest BCUT2D eigenvalue weighted by molar-refractivity contribution is -0.117. The number of rotatable bonds is 5. The van der Waals surface area contributed by atoms with Gasteiger partial charge in [0, 0.05) is 17.9 Å². The molecule has 2 N–H and O–H groups in total. The number of carbonyl (C=O) groups is 1. The van der Waals surface area contributed by atoms with E-state index >= 15 is 0 Å². The number of hydrogen-bond donors (Lipinski definition) is 2. The molecule has 4 heteroatoms. The van der Waals surface area contributed by atoms with E-state index in [0.29, 0.717) is 5.92 Å². The quantitative estimate of drug-likeness (QED) is 0.643. The zero-order chi connectivity index (χ0) is 16.0. The van der Waals surface area contributed by atoms with Crippen LogP contribution in [-0.2, 0) is 4.79 Å². The van der Waals surface area contributed by atoms with Crippen molar-refractivity contribution >= 4 is 11.6 Å². The second-order valence-electron chi connectivity index (χ2n) is 5.64. The van der Waals surface area contributed by atoms with Crippen LogP contribution in [0.25, 0.3) is 0 Å². The summed E-state index contributed by atoms with van der Waals surface area (Å²) in [5.41, 5.74) is 3.27. The summed E-state index contributed by atoms with van der Waals surface area (Å²) in [6.45, 7) is 9.94. The second kappa shape index (κ2) is 7.49. The first-order valence-electron chi connectivity index (χ1n) is 7.14. The van der Waals surface area contributed by atoms with E-state index in [1.807, 2.05) is 45.0 Å². The predicted octanol–water partition coefficient (Wildman–Crippen LogP) is 3.46. The predicted molar refractivity (Wildman–Crippen MR) is 85.9 cm³/mol. The van der Waals surface area contributed by atoms with Crippen LogP contribution in [0.15, 0.2) is 30.0 Å². The standard InChI is InChI=1S/C17H23N3O/c1-11(2)15-8-6-7-13(5)16(15)19-10-14(9-18)17(21)20-12(3)4/h6-8,10-12,19H,1-5H3,(H,20,21)/b14-10-.